The zero-order chi connectivity index (χ0) is 12.1. The van der Waals surface area contributed by atoms with Crippen molar-refractivity contribution in [3.63, 3.8) is 0 Å². The fraction of sp³-hybridized carbons (Fsp3) is 0.417. The number of rotatable bonds is 4. The lowest BCUT2D eigenvalue weighted by molar-refractivity contribution is -0.139. The monoisotopic (exact) mass is 223 g/mol. The highest BCUT2D eigenvalue weighted by Gasteiger charge is 2.21. The maximum absolute atomic E-state index is 11.8. The molecule has 0 aliphatic heterocycles. The Hall–Kier alpha value is -1.55. The van der Waals surface area contributed by atoms with E-state index in [0.29, 0.717) is 0 Å². The molecule has 0 aromatic heterocycles. The molecule has 1 aromatic carbocycles. The third-order valence-electron chi connectivity index (χ3n) is 2.32. The van der Waals surface area contributed by atoms with Crippen LogP contribution in [-0.4, -0.2) is 39.1 Å². The van der Waals surface area contributed by atoms with Gasteiger partial charge in [-0.3, -0.25) is 4.79 Å². The third-order valence-corrected chi connectivity index (χ3v) is 2.32. The number of methoxy groups -OCH3 is 2. The fourth-order valence-electron chi connectivity index (χ4n) is 1.39. The van der Waals surface area contributed by atoms with Crippen LogP contribution in [0.1, 0.15) is 11.7 Å². The van der Waals surface area contributed by atoms with E-state index < -0.39 is 6.10 Å². The molecular formula is C12H17NO3. The molecule has 0 heterocycles. The average Bonchev–Trinajstić information content (AvgIpc) is 2.30. The highest BCUT2D eigenvalue weighted by molar-refractivity contribution is 5.81. The van der Waals surface area contributed by atoms with Gasteiger partial charge in [-0.15, -0.1) is 0 Å². The maximum Gasteiger partial charge on any atom is 0.255 e. The molecular weight excluding hydrogens is 206 g/mol. The van der Waals surface area contributed by atoms with Crippen LogP contribution in [0.3, 0.4) is 0 Å². The average molecular weight is 223 g/mol. The number of hydrogen-bond acceptors (Lipinski definition) is 3. The van der Waals surface area contributed by atoms with Gasteiger partial charge in [0.15, 0.2) is 6.10 Å². The van der Waals surface area contributed by atoms with Gasteiger partial charge in [-0.05, 0) is 17.7 Å². The van der Waals surface area contributed by atoms with E-state index in [1.807, 2.05) is 24.3 Å². The van der Waals surface area contributed by atoms with Gasteiger partial charge in [-0.1, -0.05) is 12.1 Å². The highest BCUT2D eigenvalue weighted by atomic mass is 16.5. The van der Waals surface area contributed by atoms with E-state index in [2.05, 4.69) is 0 Å². The first-order valence-electron chi connectivity index (χ1n) is 4.98. The van der Waals surface area contributed by atoms with Gasteiger partial charge in [0.2, 0.25) is 0 Å². The molecule has 1 unspecified atom stereocenters. The summed E-state index contributed by atoms with van der Waals surface area (Å²) in [6, 6.07) is 7.28. The Morgan fingerprint density at radius 3 is 2.12 bits per heavy atom. The molecule has 0 fully saturated rings. The fourth-order valence-corrected chi connectivity index (χ4v) is 1.39. The first-order chi connectivity index (χ1) is 7.60. The summed E-state index contributed by atoms with van der Waals surface area (Å²) in [4.78, 5) is 13.3. The van der Waals surface area contributed by atoms with Gasteiger partial charge in [-0.2, -0.15) is 0 Å². The zero-order valence-electron chi connectivity index (χ0n) is 10.1. The minimum Gasteiger partial charge on any atom is -0.497 e. The van der Waals surface area contributed by atoms with E-state index in [0.717, 1.165) is 11.3 Å². The number of nitrogens with zero attached hydrogens (tertiary/aromatic N) is 1. The number of likely N-dealkylation sites (N-methyl/N-ethyl adjacent to an activating group) is 1. The molecule has 4 heteroatoms. The summed E-state index contributed by atoms with van der Waals surface area (Å²) in [6.45, 7) is 0. The predicted octanol–water partition coefficient (Wildman–Crippen LogP) is 1.47. The van der Waals surface area contributed by atoms with E-state index in [-0.39, 0.29) is 5.91 Å². The molecule has 0 bridgehead atoms. The van der Waals surface area contributed by atoms with E-state index in [4.69, 9.17) is 9.47 Å². The Balaban J connectivity index is 2.91. The predicted molar refractivity (Wildman–Crippen MR) is 61.4 cm³/mol. The summed E-state index contributed by atoms with van der Waals surface area (Å²) in [5, 5.41) is 0. The summed E-state index contributed by atoms with van der Waals surface area (Å²) in [5.74, 6) is 0.684. The second kappa shape index (κ2) is 5.51. The van der Waals surface area contributed by atoms with Crippen molar-refractivity contribution in [2.75, 3.05) is 28.3 Å². The summed E-state index contributed by atoms with van der Waals surface area (Å²) in [7, 11) is 6.54. The highest BCUT2D eigenvalue weighted by Crippen LogP contribution is 2.21. The van der Waals surface area contributed by atoms with Crippen LogP contribution in [0, 0.1) is 0 Å². The summed E-state index contributed by atoms with van der Waals surface area (Å²) in [6.07, 6.45) is -0.555. The second-order valence-corrected chi connectivity index (χ2v) is 3.62. The Morgan fingerprint density at radius 2 is 1.75 bits per heavy atom. The first kappa shape index (κ1) is 12.5. The Labute approximate surface area is 95.8 Å². The van der Waals surface area contributed by atoms with Crippen molar-refractivity contribution in [2.45, 2.75) is 6.10 Å². The molecule has 0 saturated carbocycles. The van der Waals surface area contributed by atoms with Gasteiger partial charge in [0.1, 0.15) is 5.75 Å². The van der Waals surface area contributed by atoms with Gasteiger partial charge >= 0.3 is 0 Å². The molecule has 88 valence electrons. The second-order valence-electron chi connectivity index (χ2n) is 3.62. The van der Waals surface area contributed by atoms with Crippen LogP contribution in [0.15, 0.2) is 24.3 Å². The smallest absolute Gasteiger partial charge is 0.255 e. The standard InChI is InChI=1S/C12H17NO3/c1-13(2)12(14)11(16-4)9-5-7-10(15-3)8-6-9/h5-8,11H,1-4H3. The minimum absolute atomic E-state index is 0.0762. The quantitative estimate of drug-likeness (QED) is 0.776. The molecule has 1 amide bonds. The molecule has 0 spiro atoms. The van der Waals surface area contributed by atoms with E-state index in [1.165, 1.54) is 12.0 Å². The van der Waals surface area contributed by atoms with Crippen molar-refractivity contribution >= 4 is 5.91 Å². The summed E-state index contributed by atoms with van der Waals surface area (Å²) in [5.41, 5.74) is 0.821. The van der Waals surface area contributed by atoms with Crippen LogP contribution < -0.4 is 4.74 Å². The van der Waals surface area contributed by atoms with Crippen LogP contribution in [0.2, 0.25) is 0 Å². The van der Waals surface area contributed by atoms with Crippen molar-refractivity contribution in [2.24, 2.45) is 0 Å². The van der Waals surface area contributed by atoms with Crippen LogP contribution in [0.5, 0.6) is 5.75 Å². The number of hydrogen-bond donors (Lipinski definition) is 0. The van der Waals surface area contributed by atoms with E-state index >= 15 is 0 Å². The van der Waals surface area contributed by atoms with Gasteiger partial charge in [0.05, 0.1) is 7.11 Å². The number of benzene rings is 1. The Bertz CT molecular complexity index is 346. The van der Waals surface area contributed by atoms with E-state index in [9.17, 15) is 4.79 Å². The minimum atomic E-state index is -0.555. The van der Waals surface area contributed by atoms with E-state index in [1.54, 1.807) is 21.2 Å². The lowest BCUT2D eigenvalue weighted by Gasteiger charge is -2.19. The van der Waals surface area contributed by atoms with Crippen molar-refractivity contribution in [3.05, 3.63) is 29.8 Å². The first-order valence-corrected chi connectivity index (χ1v) is 4.98. The van der Waals surface area contributed by atoms with Gasteiger partial charge in [0, 0.05) is 21.2 Å². The number of carbonyl (C=O) groups excluding carboxylic acids is 1. The van der Waals surface area contributed by atoms with Crippen LogP contribution in [0.25, 0.3) is 0 Å². The number of ether oxygens (including phenoxy) is 2. The largest absolute Gasteiger partial charge is 0.497 e. The van der Waals surface area contributed by atoms with Crippen molar-refractivity contribution in [1.82, 2.24) is 4.90 Å². The van der Waals surface area contributed by atoms with Crippen LogP contribution in [-0.2, 0) is 9.53 Å². The molecule has 1 aromatic rings. The topological polar surface area (TPSA) is 38.8 Å². The lowest BCUT2D eigenvalue weighted by atomic mass is 10.1. The van der Waals surface area contributed by atoms with Crippen LogP contribution in [0.4, 0.5) is 0 Å². The molecule has 16 heavy (non-hydrogen) atoms. The van der Waals surface area contributed by atoms with Crippen LogP contribution >= 0.6 is 0 Å². The Morgan fingerprint density at radius 1 is 1.19 bits per heavy atom. The lowest BCUT2D eigenvalue weighted by Crippen LogP contribution is -2.29. The molecule has 0 N–H and O–H groups in total. The zero-order valence-corrected chi connectivity index (χ0v) is 10.1. The molecule has 0 radical (unpaired) electrons. The Kier molecular flexibility index (Phi) is 4.31. The molecule has 4 nitrogen and oxygen atoms in total. The SMILES string of the molecule is COc1ccc(C(OC)C(=O)N(C)C)cc1. The molecule has 1 atom stereocenters. The van der Waals surface area contributed by atoms with Gasteiger partial charge in [0.25, 0.3) is 5.91 Å². The van der Waals surface area contributed by atoms with Crippen molar-refractivity contribution in [3.8, 4) is 5.75 Å². The van der Waals surface area contributed by atoms with Crippen molar-refractivity contribution < 1.29 is 14.3 Å². The van der Waals surface area contributed by atoms with Gasteiger partial charge in [-0.25, -0.2) is 0 Å². The molecule has 0 aliphatic carbocycles. The number of carbonyl (C=O) groups is 1. The third kappa shape index (κ3) is 2.73. The number of amides is 1. The van der Waals surface area contributed by atoms with Crippen molar-refractivity contribution in [1.29, 1.82) is 0 Å². The molecule has 1 rings (SSSR count). The normalized spacial score (nSPS) is 12.0. The molecule has 0 saturated heterocycles. The summed E-state index contributed by atoms with van der Waals surface area (Å²) >= 11 is 0. The summed E-state index contributed by atoms with van der Waals surface area (Å²) < 4.78 is 10.3. The molecule has 0 aliphatic rings. The van der Waals surface area contributed by atoms with Gasteiger partial charge < -0.3 is 14.4 Å². The maximum atomic E-state index is 11.8.